The fourth-order valence-corrected chi connectivity index (χ4v) is 3.35. The molecule has 0 aromatic carbocycles. The zero-order valence-corrected chi connectivity index (χ0v) is 17.4. The number of nitrogens with one attached hydrogen (secondary N) is 1. The third kappa shape index (κ3) is 4.41. The van der Waals surface area contributed by atoms with Crippen LogP contribution in [0.1, 0.15) is 38.0 Å². The summed E-state index contributed by atoms with van der Waals surface area (Å²) in [5.41, 5.74) is 1.50. The van der Waals surface area contributed by atoms with E-state index in [0.717, 1.165) is 11.6 Å². The van der Waals surface area contributed by atoms with Crippen LogP contribution in [0.5, 0.6) is 0 Å². The van der Waals surface area contributed by atoms with Gasteiger partial charge in [0.1, 0.15) is 23.2 Å². The van der Waals surface area contributed by atoms with Crippen LogP contribution in [0.4, 0.5) is 24.7 Å². The van der Waals surface area contributed by atoms with Crippen LogP contribution in [0.3, 0.4) is 0 Å². The van der Waals surface area contributed by atoms with Gasteiger partial charge in [0, 0.05) is 28.6 Å². The minimum absolute atomic E-state index is 0.278. The Morgan fingerprint density at radius 3 is 2.69 bits per heavy atom. The molecule has 1 atom stereocenters. The number of aryl methyl sites for hydroxylation is 3. The molecule has 1 N–H and O–H groups in total. The molecule has 3 aromatic rings. The van der Waals surface area contributed by atoms with Gasteiger partial charge in [0.05, 0.1) is 18.4 Å². The number of likely N-dealkylation sites (N-methyl/N-ethyl adjacent to an activating group) is 1. The van der Waals surface area contributed by atoms with E-state index in [9.17, 15) is 18.0 Å². The quantitative estimate of drug-likeness (QED) is 0.647. The maximum atomic E-state index is 12.7. The molecule has 168 valence electrons. The van der Waals surface area contributed by atoms with Crippen molar-refractivity contribution in [2.45, 2.75) is 45.5 Å². The summed E-state index contributed by atoms with van der Waals surface area (Å²) in [5.74, 6) is 0.548. The summed E-state index contributed by atoms with van der Waals surface area (Å²) in [7, 11) is 0. The van der Waals surface area contributed by atoms with Crippen molar-refractivity contribution in [2.24, 2.45) is 0 Å². The number of carbonyl (C=O) groups is 1. The first-order valence-electron chi connectivity index (χ1n) is 11.0. The normalized spacial score (nSPS) is 17.1. The number of rotatable bonds is 5. The minimum atomic E-state index is -4.47. The molecule has 0 fully saturated rings. The van der Waals surface area contributed by atoms with E-state index in [1.165, 1.54) is 17.2 Å². The minimum Gasteiger partial charge on any atom is -0.346 e. The second-order valence-corrected chi connectivity index (χ2v) is 7.59. The van der Waals surface area contributed by atoms with Crippen molar-refractivity contribution >= 4 is 17.4 Å². The molecule has 1 amide bonds. The fourth-order valence-electron chi connectivity index (χ4n) is 3.35. The van der Waals surface area contributed by atoms with E-state index in [4.69, 9.17) is 2.74 Å². The standard InChI is InChI=1S/C21H22F3N7O/c1-12-18-19(30(3)13(2)20(32)29-18)28-17(27-12)7-5-15-9-26-31(11-15)10-14-4-6-16(25-8-14)21(22,23)24/h4,6,8-9,11,13H,5,7,10H2,1-3H3,(H,29,32)/t13-/m0/s1/i3D2. The molecule has 4 rings (SSSR count). The number of nitrogens with zero attached hydrogens (tertiary/aromatic N) is 6. The lowest BCUT2D eigenvalue weighted by Gasteiger charge is -2.32. The van der Waals surface area contributed by atoms with E-state index in [-0.39, 0.29) is 12.5 Å². The zero-order chi connectivity index (χ0) is 24.6. The summed E-state index contributed by atoms with van der Waals surface area (Å²) >= 11 is 0. The highest BCUT2D eigenvalue weighted by Crippen LogP contribution is 2.31. The van der Waals surface area contributed by atoms with Crippen LogP contribution < -0.4 is 10.2 Å². The lowest BCUT2D eigenvalue weighted by Crippen LogP contribution is -2.45. The predicted octanol–water partition coefficient (Wildman–Crippen LogP) is 3.01. The van der Waals surface area contributed by atoms with Crippen molar-refractivity contribution in [2.75, 3.05) is 17.2 Å². The molecular formula is C21H22F3N7O. The summed E-state index contributed by atoms with van der Waals surface area (Å²) in [4.78, 5) is 25.9. The Morgan fingerprint density at radius 1 is 1.19 bits per heavy atom. The predicted molar refractivity (Wildman–Crippen MR) is 111 cm³/mol. The molecule has 11 heteroatoms. The number of hydrogen-bond acceptors (Lipinski definition) is 6. The Bertz CT molecular complexity index is 1200. The number of fused-ring (bicyclic) bond motifs is 1. The lowest BCUT2D eigenvalue weighted by atomic mass is 10.1. The van der Waals surface area contributed by atoms with E-state index in [1.807, 2.05) is 0 Å². The average Bonchev–Trinajstić information content (AvgIpc) is 3.20. The molecule has 0 saturated heterocycles. The highest BCUT2D eigenvalue weighted by Gasteiger charge is 2.32. The molecule has 0 spiro atoms. The largest absolute Gasteiger partial charge is 0.433 e. The molecule has 1 aliphatic heterocycles. The number of pyridine rings is 1. The van der Waals surface area contributed by atoms with E-state index in [2.05, 4.69) is 25.4 Å². The van der Waals surface area contributed by atoms with E-state index >= 15 is 0 Å². The summed E-state index contributed by atoms with van der Waals surface area (Å²) in [6.07, 6.45) is 1.18. The van der Waals surface area contributed by atoms with Gasteiger partial charge in [0.15, 0.2) is 5.82 Å². The van der Waals surface area contributed by atoms with Crippen LogP contribution in [0.15, 0.2) is 30.7 Å². The molecule has 0 unspecified atom stereocenters. The number of hydrogen-bond donors (Lipinski definition) is 1. The second kappa shape index (κ2) is 8.21. The zero-order valence-electron chi connectivity index (χ0n) is 19.4. The molecule has 8 nitrogen and oxygen atoms in total. The van der Waals surface area contributed by atoms with Crippen LogP contribution in [0.2, 0.25) is 0 Å². The van der Waals surface area contributed by atoms with Gasteiger partial charge in [-0.1, -0.05) is 6.07 Å². The summed E-state index contributed by atoms with van der Waals surface area (Å²) in [6.45, 7) is 2.23. The highest BCUT2D eigenvalue weighted by molar-refractivity contribution is 6.02. The maximum absolute atomic E-state index is 12.7. The van der Waals surface area contributed by atoms with Gasteiger partial charge in [-0.25, -0.2) is 9.97 Å². The first-order chi connectivity index (χ1) is 16.0. The van der Waals surface area contributed by atoms with Crippen molar-refractivity contribution in [1.82, 2.24) is 24.7 Å². The average molecular weight is 447 g/mol. The number of alkyl halides is 3. The van der Waals surface area contributed by atoms with E-state index < -0.39 is 24.9 Å². The molecular weight excluding hydrogens is 423 g/mol. The second-order valence-electron chi connectivity index (χ2n) is 7.59. The Labute approximate surface area is 185 Å². The first-order valence-corrected chi connectivity index (χ1v) is 9.87. The summed E-state index contributed by atoms with van der Waals surface area (Å²) in [5, 5.41) is 7.01. The Morgan fingerprint density at radius 2 is 2.00 bits per heavy atom. The number of halogens is 3. The molecule has 0 radical (unpaired) electrons. The van der Waals surface area contributed by atoms with Gasteiger partial charge < -0.3 is 10.2 Å². The van der Waals surface area contributed by atoms with Crippen molar-refractivity contribution in [3.05, 3.63) is 59.1 Å². The van der Waals surface area contributed by atoms with Crippen LogP contribution in [0, 0.1) is 6.92 Å². The Kier molecular flexibility index (Phi) is 4.93. The van der Waals surface area contributed by atoms with Gasteiger partial charge in [-0.15, -0.1) is 0 Å². The number of amides is 1. The van der Waals surface area contributed by atoms with Crippen molar-refractivity contribution in [3.8, 4) is 0 Å². The van der Waals surface area contributed by atoms with Gasteiger partial charge in [-0.3, -0.25) is 14.5 Å². The van der Waals surface area contributed by atoms with Crippen LogP contribution >= 0.6 is 0 Å². The lowest BCUT2D eigenvalue weighted by molar-refractivity contribution is -0.141. The van der Waals surface area contributed by atoms with Crippen molar-refractivity contribution in [1.29, 1.82) is 0 Å². The molecule has 0 aliphatic carbocycles. The van der Waals surface area contributed by atoms with E-state index in [1.54, 1.807) is 30.9 Å². The molecule has 0 bridgehead atoms. The SMILES string of the molecule is [2H]C([2H])N1c2nc(CCc3cnn(Cc4ccc(C(F)(F)F)nc4)c3)nc(C)c2NC(=O)[C@@H]1C. The topological polar surface area (TPSA) is 88.8 Å². The molecule has 3 aromatic heterocycles. The monoisotopic (exact) mass is 447 g/mol. The third-order valence-electron chi connectivity index (χ3n) is 5.19. The molecule has 1 aliphatic rings. The number of anilines is 2. The van der Waals surface area contributed by atoms with Gasteiger partial charge in [-0.05, 0) is 37.5 Å². The van der Waals surface area contributed by atoms with Crippen molar-refractivity contribution in [3.63, 3.8) is 0 Å². The van der Waals surface area contributed by atoms with Crippen LogP contribution in [-0.2, 0) is 30.4 Å². The van der Waals surface area contributed by atoms with Gasteiger partial charge >= 0.3 is 6.18 Å². The first kappa shape index (κ1) is 19.2. The third-order valence-corrected chi connectivity index (χ3v) is 5.19. The number of carbonyl (C=O) groups excluding carboxylic acids is 1. The Balaban J connectivity index is 1.45. The molecule has 0 saturated carbocycles. The number of aromatic nitrogens is 5. The van der Waals surface area contributed by atoms with Gasteiger partial charge in [0.25, 0.3) is 0 Å². The summed E-state index contributed by atoms with van der Waals surface area (Å²) < 4.78 is 55.2. The van der Waals surface area contributed by atoms with Crippen LogP contribution in [-0.4, -0.2) is 43.7 Å². The Hall–Kier alpha value is -3.50. The van der Waals surface area contributed by atoms with Crippen LogP contribution in [0.25, 0.3) is 0 Å². The maximum Gasteiger partial charge on any atom is 0.433 e. The summed E-state index contributed by atoms with van der Waals surface area (Å²) in [6, 6.07) is 1.62. The van der Waals surface area contributed by atoms with E-state index in [0.29, 0.717) is 41.4 Å². The molecule has 4 heterocycles. The van der Waals surface area contributed by atoms with Crippen molar-refractivity contribution < 1.29 is 20.7 Å². The fraction of sp³-hybridized carbons (Fsp3) is 0.381. The highest BCUT2D eigenvalue weighted by atomic mass is 19.4. The van der Waals surface area contributed by atoms with Gasteiger partial charge in [0.2, 0.25) is 5.91 Å². The van der Waals surface area contributed by atoms with Gasteiger partial charge in [-0.2, -0.15) is 18.3 Å². The molecule has 32 heavy (non-hydrogen) atoms. The smallest absolute Gasteiger partial charge is 0.346 e.